The minimum Gasteiger partial charge on any atom is -0.392 e. The summed E-state index contributed by atoms with van der Waals surface area (Å²) < 4.78 is 0. The third-order valence-electron chi connectivity index (χ3n) is 3.71. The number of carbonyl (C=O) groups excluding carboxylic acids is 2. The first-order valence-electron chi connectivity index (χ1n) is 6.82. The Hall–Kier alpha value is -1.17. The van der Waals surface area contributed by atoms with Crippen LogP contribution in [0.1, 0.15) is 46.0 Å². The first-order valence-corrected chi connectivity index (χ1v) is 7.23. The first-order chi connectivity index (χ1) is 8.94. The van der Waals surface area contributed by atoms with Gasteiger partial charge in [-0.3, -0.25) is 9.59 Å². The van der Waals surface area contributed by atoms with Gasteiger partial charge in [0, 0.05) is 6.54 Å². The normalized spacial score (nSPS) is 19.3. The molecule has 0 aromatic carbocycles. The summed E-state index contributed by atoms with van der Waals surface area (Å²) in [7, 11) is 0. The van der Waals surface area contributed by atoms with Crippen molar-refractivity contribution in [2.75, 3.05) is 6.54 Å². The van der Waals surface area contributed by atoms with E-state index in [2.05, 4.69) is 10.6 Å². The molecule has 1 unspecified atom stereocenters. The van der Waals surface area contributed by atoms with Crippen LogP contribution in [0.4, 0.5) is 0 Å². The third-order valence-corrected chi connectivity index (χ3v) is 4.10. The average molecular weight is 285 g/mol. The van der Waals surface area contributed by atoms with Gasteiger partial charge in [0.25, 0.3) is 0 Å². The molecule has 1 fully saturated rings. The van der Waals surface area contributed by atoms with E-state index in [0.717, 1.165) is 19.3 Å². The summed E-state index contributed by atoms with van der Waals surface area (Å²) in [5.74, 6) is -0.400. The van der Waals surface area contributed by atoms with Crippen molar-refractivity contribution in [3.05, 3.63) is 0 Å². The molecule has 0 radical (unpaired) electrons. The molecule has 2 amide bonds. The molecule has 4 N–H and O–H groups in total. The molecule has 0 spiro atoms. The summed E-state index contributed by atoms with van der Waals surface area (Å²) in [5.41, 5.74) is 5.01. The Morgan fingerprint density at radius 3 is 2.37 bits per heavy atom. The molecule has 0 heterocycles. The molecule has 5 nitrogen and oxygen atoms in total. The number of hydrogen-bond donors (Lipinski definition) is 3. The second-order valence-electron chi connectivity index (χ2n) is 5.10. The van der Waals surface area contributed by atoms with Crippen molar-refractivity contribution in [1.82, 2.24) is 10.6 Å². The van der Waals surface area contributed by atoms with Crippen LogP contribution in [0.25, 0.3) is 0 Å². The van der Waals surface area contributed by atoms with E-state index in [4.69, 9.17) is 18.0 Å². The molecule has 1 aliphatic rings. The number of likely N-dealkylation sites (N-methyl/N-ethyl adjacent to an activating group) is 1. The van der Waals surface area contributed by atoms with Crippen LogP contribution in [0.2, 0.25) is 0 Å². The Kier molecular flexibility index (Phi) is 5.72. The maximum absolute atomic E-state index is 12.4. The van der Waals surface area contributed by atoms with E-state index in [1.807, 2.05) is 6.92 Å². The van der Waals surface area contributed by atoms with E-state index in [9.17, 15) is 9.59 Å². The fourth-order valence-corrected chi connectivity index (χ4v) is 2.77. The standard InChI is InChI=1S/C13H23N3O2S/c1-3-15-10(17)9(2)16-12(18)13(11(14)19)7-5-4-6-8-13/h9H,3-8H2,1-2H3,(H2,14,19)(H,15,17)(H,16,18). The Morgan fingerprint density at radius 1 is 1.32 bits per heavy atom. The zero-order valence-corrected chi connectivity index (χ0v) is 12.4. The number of thiocarbonyl (C=S) groups is 1. The molecule has 1 saturated carbocycles. The molecule has 0 saturated heterocycles. The molecule has 1 aliphatic carbocycles. The van der Waals surface area contributed by atoms with Gasteiger partial charge in [0.15, 0.2) is 0 Å². The predicted octanol–water partition coefficient (Wildman–Crippen LogP) is 0.864. The zero-order chi connectivity index (χ0) is 14.5. The smallest absolute Gasteiger partial charge is 0.242 e. The van der Waals surface area contributed by atoms with E-state index < -0.39 is 11.5 Å². The van der Waals surface area contributed by atoms with Gasteiger partial charge in [0.05, 0.1) is 10.4 Å². The molecule has 0 aliphatic heterocycles. The lowest BCUT2D eigenvalue weighted by atomic mass is 9.73. The van der Waals surface area contributed by atoms with Crippen molar-refractivity contribution in [1.29, 1.82) is 0 Å². The summed E-state index contributed by atoms with van der Waals surface area (Å²) in [5, 5.41) is 5.42. The van der Waals surface area contributed by atoms with Crippen LogP contribution in [-0.4, -0.2) is 29.4 Å². The van der Waals surface area contributed by atoms with Crippen molar-refractivity contribution in [2.45, 2.75) is 52.0 Å². The molecule has 1 rings (SSSR count). The first kappa shape index (κ1) is 15.9. The van der Waals surface area contributed by atoms with Gasteiger partial charge >= 0.3 is 0 Å². The van der Waals surface area contributed by atoms with Gasteiger partial charge in [-0.1, -0.05) is 31.5 Å². The van der Waals surface area contributed by atoms with Crippen LogP contribution < -0.4 is 16.4 Å². The Bertz CT molecular complexity index is 365. The van der Waals surface area contributed by atoms with E-state index in [1.54, 1.807) is 6.92 Å². The molecular weight excluding hydrogens is 262 g/mol. The van der Waals surface area contributed by atoms with Gasteiger partial charge in [0.1, 0.15) is 6.04 Å². The predicted molar refractivity (Wildman–Crippen MR) is 78.6 cm³/mol. The molecule has 108 valence electrons. The van der Waals surface area contributed by atoms with Crippen molar-refractivity contribution in [3.8, 4) is 0 Å². The number of rotatable bonds is 5. The molecule has 6 heteroatoms. The summed E-state index contributed by atoms with van der Waals surface area (Å²) in [6.07, 6.45) is 4.34. The fourth-order valence-electron chi connectivity index (χ4n) is 2.47. The number of nitrogens with two attached hydrogens (primary N) is 1. The Balaban J connectivity index is 2.73. The molecule has 19 heavy (non-hydrogen) atoms. The summed E-state index contributed by atoms with van der Waals surface area (Å²) in [6, 6.07) is -0.569. The summed E-state index contributed by atoms with van der Waals surface area (Å²) >= 11 is 5.09. The van der Waals surface area contributed by atoms with Gasteiger partial charge < -0.3 is 16.4 Å². The van der Waals surface area contributed by atoms with E-state index in [-0.39, 0.29) is 16.8 Å². The van der Waals surface area contributed by atoms with Gasteiger partial charge in [-0.05, 0) is 26.7 Å². The molecular formula is C13H23N3O2S. The quantitative estimate of drug-likeness (QED) is 0.654. The highest BCUT2D eigenvalue weighted by Crippen LogP contribution is 2.37. The summed E-state index contributed by atoms with van der Waals surface area (Å²) in [4.78, 5) is 24.3. The lowest BCUT2D eigenvalue weighted by Crippen LogP contribution is -2.54. The van der Waals surface area contributed by atoms with Gasteiger partial charge in [-0.15, -0.1) is 0 Å². The Morgan fingerprint density at radius 2 is 1.89 bits per heavy atom. The van der Waals surface area contributed by atoms with Crippen LogP contribution >= 0.6 is 12.2 Å². The SMILES string of the molecule is CCNC(=O)C(C)NC(=O)C1(C(N)=S)CCCCC1. The topological polar surface area (TPSA) is 84.2 Å². The lowest BCUT2D eigenvalue weighted by Gasteiger charge is -2.35. The average Bonchev–Trinajstić information content (AvgIpc) is 2.39. The highest BCUT2D eigenvalue weighted by molar-refractivity contribution is 7.80. The minimum atomic E-state index is -0.770. The molecule has 0 aromatic heterocycles. The monoisotopic (exact) mass is 285 g/mol. The number of nitrogens with one attached hydrogen (secondary N) is 2. The zero-order valence-electron chi connectivity index (χ0n) is 11.6. The minimum absolute atomic E-state index is 0.190. The van der Waals surface area contributed by atoms with E-state index >= 15 is 0 Å². The number of amides is 2. The lowest BCUT2D eigenvalue weighted by molar-refractivity contribution is -0.133. The second-order valence-corrected chi connectivity index (χ2v) is 5.54. The number of carbonyl (C=O) groups is 2. The van der Waals surface area contributed by atoms with Crippen molar-refractivity contribution < 1.29 is 9.59 Å². The van der Waals surface area contributed by atoms with Gasteiger partial charge in [-0.25, -0.2) is 0 Å². The second kappa shape index (κ2) is 6.84. The Labute approximate surface area is 119 Å². The third kappa shape index (κ3) is 3.65. The van der Waals surface area contributed by atoms with Crippen molar-refractivity contribution >= 4 is 29.0 Å². The van der Waals surface area contributed by atoms with Crippen LogP contribution in [0, 0.1) is 5.41 Å². The number of hydrogen-bond acceptors (Lipinski definition) is 3. The van der Waals surface area contributed by atoms with E-state index in [1.165, 1.54) is 0 Å². The molecule has 1 atom stereocenters. The molecule has 0 bridgehead atoms. The van der Waals surface area contributed by atoms with Gasteiger partial charge in [-0.2, -0.15) is 0 Å². The largest absolute Gasteiger partial charge is 0.392 e. The van der Waals surface area contributed by atoms with Crippen LogP contribution in [0.15, 0.2) is 0 Å². The van der Waals surface area contributed by atoms with E-state index in [0.29, 0.717) is 19.4 Å². The fraction of sp³-hybridized carbons (Fsp3) is 0.769. The maximum atomic E-state index is 12.4. The highest BCUT2D eigenvalue weighted by Gasteiger charge is 2.43. The molecule has 0 aromatic rings. The van der Waals surface area contributed by atoms with Crippen molar-refractivity contribution in [2.24, 2.45) is 11.1 Å². The highest BCUT2D eigenvalue weighted by atomic mass is 32.1. The van der Waals surface area contributed by atoms with Crippen molar-refractivity contribution in [3.63, 3.8) is 0 Å². The summed E-state index contributed by atoms with van der Waals surface area (Å²) in [6.45, 7) is 4.04. The van der Waals surface area contributed by atoms with Gasteiger partial charge in [0.2, 0.25) is 11.8 Å². The maximum Gasteiger partial charge on any atom is 0.242 e. The van der Waals surface area contributed by atoms with Crippen LogP contribution in [-0.2, 0) is 9.59 Å². The van der Waals surface area contributed by atoms with Crippen LogP contribution in [0.5, 0.6) is 0 Å². The van der Waals surface area contributed by atoms with Crippen LogP contribution in [0.3, 0.4) is 0 Å².